The van der Waals surface area contributed by atoms with E-state index in [1.807, 2.05) is 0 Å². The topological polar surface area (TPSA) is 114 Å². The van der Waals surface area contributed by atoms with E-state index in [0.717, 1.165) is 0 Å². The Kier molecular flexibility index (Phi) is 8.67. The van der Waals surface area contributed by atoms with Gasteiger partial charge in [-0.2, -0.15) is 13.2 Å². The summed E-state index contributed by atoms with van der Waals surface area (Å²) >= 11 is 0. The number of methoxy groups -OCH3 is 1. The van der Waals surface area contributed by atoms with Crippen LogP contribution in [0.1, 0.15) is 20.8 Å². The number of aliphatic carboxylic acids is 1. The summed E-state index contributed by atoms with van der Waals surface area (Å²) in [7, 11) is 1.37. The summed E-state index contributed by atoms with van der Waals surface area (Å²) in [5.41, 5.74) is -0.514. The van der Waals surface area contributed by atoms with Crippen LogP contribution in [0.3, 0.4) is 0 Å². The zero-order chi connectivity index (χ0) is 19.8. The minimum atomic E-state index is -5.08. The van der Waals surface area contributed by atoms with Gasteiger partial charge in [0, 0.05) is 25.6 Å². The molecule has 1 aliphatic heterocycles. The van der Waals surface area contributed by atoms with Gasteiger partial charge in [0.2, 0.25) is 0 Å². The Morgan fingerprint density at radius 2 is 1.72 bits per heavy atom. The maximum atomic E-state index is 11.5. The molecule has 0 bridgehead atoms. The lowest BCUT2D eigenvalue weighted by molar-refractivity contribution is -0.192. The molecule has 1 fully saturated rings. The molecule has 1 aliphatic rings. The second kappa shape index (κ2) is 9.44. The van der Waals surface area contributed by atoms with Crippen molar-refractivity contribution in [2.75, 3.05) is 26.7 Å². The Bertz CT molecular complexity index is 476. The van der Waals surface area contributed by atoms with E-state index in [4.69, 9.17) is 19.4 Å². The fourth-order valence-corrected chi connectivity index (χ4v) is 1.90. The normalized spacial score (nSPS) is 20.1. The van der Waals surface area contributed by atoms with Gasteiger partial charge in [-0.25, -0.2) is 9.59 Å². The van der Waals surface area contributed by atoms with Crippen LogP contribution in [0, 0.1) is 11.8 Å². The molecule has 0 spiro atoms. The number of alkyl carbamates (subject to hydrolysis) is 1. The van der Waals surface area contributed by atoms with Crippen molar-refractivity contribution in [2.45, 2.75) is 32.5 Å². The second-order valence-electron chi connectivity index (χ2n) is 6.23. The van der Waals surface area contributed by atoms with E-state index in [1.165, 1.54) is 7.11 Å². The molecule has 0 aromatic carbocycles. The standard InChI is InChI=1S/C12H22N2O4.C2HF3O2/c1-12(2,3)18-11(16)14-6-8-5-13-7-9(8)10(15)17-4;3-2(4,5)1(6)7/h8-9,13H,5-7H2,1-4H3,(H,14,16);(H,6,7)/t8-,9-;/m1./s1. The van der Waals surface area contributed by atoms with Crippen LogP contribution in [0.25, 0.3) is 0 Å². The van der Waals surface area contributed by atoms with Gasteiger partial charge in [0.1, 0.15) is 5.60 Å². The molecule has 0 aromatic rings. The fraction of sp³-hybridized carbons (Fsp3) is 0.786. The molecular formula is C14H23F3N2O6. The van der Waals surface area contributed by atoms with Crippen LogP contribution < -0.4 is 10.6 Å². The van der Waals surface area contributed by atoms with Crippen LogP contribution in [-0.4, -0.2) is 61.7 Å². The average Bonchev–Trinajstić information content (AvgIpc) is 2.90. The molecule has 0 saturated carbocycles. The van der Waals surface area contributed by atoms with Crippen molar-refractivity contribution in [3.05, 3.63) is 0 Å². The molecule has 2 atom stereocenters. The molecule has 3 N–H and O–H groups in total. The van der Waals surface area contributed by atoms with E-state index in [9.17, 15) is 22.8 Å². The molecule has 0 aromatic heterocycles. The van der Waals surface area contributed by atoms with Crippen molar-refractivity contribution in [2.24, 2.45) is 11.8 Å². The van der Waals surface area contributed by atoms with Crippen LogP contribution >= 0.6 is 0 Å². The number of amides is 1. The number of carboxylic acid groups (broad SMARTS) is 1. The Balaban J connectivity index is 0.000000697. The molecule has 0 unspecified atom stereocenters. The molecule has 8 nitrogen and oxygen atoms in total. The summed E-state index contributed by atoms with van der Waals surface area (Å²) in [6, 6.07) is 0. The SMILES string of the molecule is COC(=O)[C@@H]1CNC[C@@H]1CNC(=O)OC(C)(C)C.O=C(O)C(F)(F)F. The van der Waals surface area contributed by atoms with Gasteiger partial charge in [0.25, 0.3) is 0 Å². The van der Waals surface area contributed by atoms with Crippen LogP contribution in [-0.2, 0) is 19.1 Å². The van der Waals surface area contributed by atoms with Crippen LogP contribution in [0.4, 0.5) is 18.0 Å². The van der Waals surface area contributed by atoms with Crippen molar-refractivity contribution in [3.63, 3.8) is 0 Å². The number of nitrogens with one attached hydrogen (secondary N) is 2. The number of halogens is 3. The maximum Gasteiger partial charge on any atom is 0.490 e. The molecule has 146 valence electrons. The molecule has 0 radical (unpaired) electrons. The molecule has 11 heteroatoms. The monoisotopic (exact) mass is 372 g/mol. The molecular weight excluding hydrogens is 349 g/mol. The maximum absolute atomic E-state index is 11.5. The number of ether oxygens (including phenoxy) is 2. The molecule has 0 aliphatic carbocycles. The van der Waals surface area contributed by atoms with Crippen molar-refractivity contribution >= 4 is 18.0 Å². The first-order chi connectivity index (χ1) is 11.3. The Labute approximate surface area is 143 Å². The summed E-state index contributed by atoms with van der Waals surface area (Å²) in [5, 5.41) is 12.9. The summed E-state index contributed by atoms with van der Waals surface area (Å²) in [4.78, 5) is 31.9. The van der Waals surface area contributed by atoms with Crippen molar-refractivity contribution in [3.8, 4) is 0 Å². The largest absolute Gasteiger partial charge is 0.490 e. The Hall–Kier alpha value is -2.04. The number of rotatable bonds is 3. The predicted octanol–water partition coefficient (Wildman–Crippen LogP) is 1.15. The third kappa shape index (κ3) is 9.75. The number of esters is 1. The number of carbonyl (C=O) groups is 3. The van der Waals surface area contributed by atoms with E-state index < -0.39 is 23.8 Å². The van der Waals surface area contributed by atoms with E-state index in [1.54, 1.807) is 20.8 Å². The first-order valence-corrected chi connectivity index (χ1v) is 7.33. The summed E-state index contributed by atoms with van der Waals surface area (Å²) < 4.78 is 41.6. The van der Waals surface area contributed by atoms with Crippen LogP contribution in [0.5, 0.6) is 0 Å². The zero-order valence-electron chi connectivity index (χ0n) is 14.4. The lowest BCUT2D eigenvalue weighted by atomic mass is 9.96. The van der Waals surface area contributed by atoms with Gasteiger partial charge in [0.15, 0.2) is 0 Å². The van der Waals surface area contributed by atoms with Crippen molar-refractivity contribution in [1.82, 2.24) is 10.6 Å². The Morgan fingerprint density at radius 1 is 1.20 bits per heavy atom. The quantitative estimate of drug-likeness (QED) is 0.637. The molecule has 25 heavy (non-hydrogen) atoms. The average molecular weight is 372 g/mol. The van der Waals surface area contributed by atoms with Gasteiger partial charge in [-0.05, 0) is 20.8 Å². The fourth-order valence-electron chi connectivity index (χ4n) is 1.90. The van der Waals surface area contributed by atoms with Crippen LogP contribution in [0.2, 0.25) is 0 Å². The third-order valence-electron chi connectivity index (χ3n) is 2.99. The number of alkyl halides is 3. The summed E-state index contributed by atoms with van der Waals surface area (Å²) in [6.07, 6.45) is -5.54. The minimum absolute atomic E-state index is 0.0463. The van der Waals surface area contributed by atoms with Gasteiger partial charge < -0.3 is 25.2 Å². The highest BCUT2D eigenvalue weighted by Crippen LogP contribution is 2.17. The van der Waals surface area contributed by atoms with E-state index in [-0.39, 0.29) is 17.8 Å². The highest BCUT2D eigenvalue weighted by molar-refractivity contribution is 5.74. The van der Waals surface area contributed by atoms with Gasteiger partial charge in [-0.3, -0.25) is 4.79 Å². The van der Waals surface area contributed by atoms with E-state index >= 15 is 0 Å². The van der Waals surface area contributed by atoms with Gasteiger partial charge in [0.05, 0.1) is 13.0 Å². The highest BCUT2D eigenvalue weighted by Gasteiger charge is 2.38. The Morgan fingerprint density at radius 3 is 2.12 bits per heavy atom. The van der Waals surface area contributed by atoms with Gasteiger partial charge in [-0.1, -0.05) is 0 Å². The first-order valence-electron chi connectivity index (χ1n) is 7.33. The van der Waals surface area contributed by atoms with Gasteiger partial charge >= 0.3 is 24.2 Å². The lowest BCUT2D eigenvalue weighted by Crippen LogP contribution is -2.38. The molecule has 1 heterocycles. The number of carboxylic acids is 1. The zero-order valence-corrected chi connectivity index (χ0v) is 14.4. The van der Waals surface area contributed by atoms with Crippen molar-refractivity contribution in [1.29, 1.82) is 0 Å². The molecule has 1 amide bonds. The first kappa shape index (κ1) is 23.0. The highest BCUT2D eigenvalue weighted by atomic mass is 19.4. The summed E-state index contributed by atoms with van der Waals surface area (Å²) in [6.45, 7) is 7.10. The van der Waals surface area contributed by atoms with Crippen LogP contribution in [0.15, 0.2) is 0 Å². The van der Waals surface area contributed by atoms with Crippen molar-refractivity contribution < 1.29 is 42.1 Å². The smallest absolute Gasteiger partial charge is 0.475 e. The molecule has 1 rings (SSSR count). The summed E-state index contributed by atoms with van der Waals surface area (Å²) in [5.74, 6) is -3.15. The number of carbonyl (C=O) groups excluding carboxylic acids is 2. The minimum Gasteiger partial charge on any atom is -0.475 e. The van der Waals surface area contributed by atoms with E-state index in [2.05, 4.69) is 10.6 Å². The van der Waals surface area contributed by atoms with E-state index in [0.29, 0.717) is 19.6 Å². The van der Waals surface area contributed by atoms with Gasteiger partial charge in [-0.15, -0.1) is 0 Å². The number of hydrogen-bond donors (Lipinski definition) is 3. The third-order valence-corrected chi connectivity index (χ3v) is 2.99. The predicted molar refractivity (Wildman–Crippen MR) is 79.8 cm³/mol. The second-order valence-corrected chi connectivity index (χ2v) is 6.23. The molecule has 1 saturated heterocycles. The lowest BCUT2D eigenvalue weighted by Gasteiger charge is -2.21. The number of hydrogen-bond acceptors (Lipinski definition) is 6.